The Morgan fingerprint density at radius 3 is 2.71 bits per heavy atom. The van der Waals surface area contributed by atoms with Crippen LogP contribution in [0.25, 0.3) is 0 Å². The Hall–Kier alpha value is -4.15. The zero-order valence-electron chi connectivity index (χ0n) is 19.6. The predicted octanol–water partition coefficient (Wildman–Crippen LogP) is 3.77. The number of morpholine rings is 1. The first kappa shape index (κ1) is 24.0. The molecule has 0 radical (unpaired) electrons. The summed E-state index contributed by atoms with van der Waals surface area (Å²) in [4.78, 5) is 20.5. The molecule has 0 aliphatic carbocycles. The van der Waals surface area contributed by atoms with Crippen LogP contribution in [0.4, 0.5) is 28.8 Å². The van der Waals surface area contributed by atoms with E-state index in [4.69, 9.17) is 14.2 Å². The zero-order valence-corrected chi connectivity index (χ0v) is 19.6. The molecule has 10 heteroatoms. The minimum absolute atomic E-state index is 0.0106. The molecule has 1 fully saturated rings. The third-order valence-electron chi connectivity index (χ3n) is 5.34. The van der Waals surface area contributed by atoms with Crippen molar-refractivity contribution in [2.45, 2.75) is 6.10 Å². The first-order valence-electron chi connectivity index (χ1n) is 11.1. The summed E-state index contributed by atoms with van der Waals surface area (Å²) in [5.41, 5.74) is 2.97. The molecule has 4 N–H and O–H groups in total. The number of anilines is 5. The summed E-state index contributed by atoms with van der Waals surface area (Å²) >= 11 is 0. The van der Waals surface area contributed by atoms with Gasteiger partial charge in [-0.15, -0.1) is 0 Å². The van der Waals surface area contributed by atoms with Gasteiger partial charge in [-0.25, -0.2) is 4.98 Å². The lowest BCUT2D eigenvalue weighted by molar-refractivity contribution is -0.111. The average molecular weight is 477 g/mol. The molecule has 1 aliphatic rings. The second kappa shape index (κ2) is 11.3. The molecule has 1 atom stereocenters. The van der Waals surface area contributed by atoms with Crippen LogP contribution >= 0.6 is 0 Å². The molecule has 0 bridgehead atoms. The molecule has 2 aromatic carbocycles. The monoisotopic (exact) mass is 476 g/mol. The van der Waals surface area contributed by atoms with Crippen molar-refractivity contribution in [2.24, 2.45) is 0 Å². The van der Waals surface area contributed by atoms with Gasteiger partial charge in [-0.3, -0.25) is 4.79 Å². The van der Waals surface area contributed by atoms with Crippen molar-refractivity contribution in [1.82, 2.24) is 15.3 Å². The van der Waals surface area contributed by atoms with Crippen LogP contribution in [0.3, 0.4) is 0 Å². The van der Waals surface area contributed by atoms with Crippen molar-refractivity contribution in [2.75, 3.05) is 49.9 Å². The molecule has 4 rings (SSSR count). The molecule has 1 amide bonds. The number of hydrogen-bond donors (Lipinski definition) is 4. The molecule has 1 saturated heterocycles. The minimum Gasteiger partial charge on any atom is -0.495 e. The molecule has 182 valence electrons. The molecular formula is C25H28N6O4. The quantitative estimate of drug-likeness (QED) is 0.342. The van der Waals surface area contributed by atoms with E-state index in [1.54, 1.807) is 44.7 Å². The molecule has 35 heavy (non-hydrogen) atoms. The maximum atomic E-state index is 11.7. The molecule has 1 aliphatic heterocycles. The largest absolute Gasteiger partial charge is 0.495 e. The number of benzene rings is 2. The summed E-state index contributed by atoms with van der Waals surface area (Å²) in [5.74, 6) is 1.85. The van der Waals surface area contributed by atoms with E-state index in [1.165, 1.54) is 6.08 Å². The van der Waals surface area contributed by atoms with E-state index in [0.29, 0.717) is 41.2 Å². The second-order valence-corrected chi connectivity index (χ2v) is 7.65. The number of carbonyl (C=O) groups excluding carboxylic acids is 1. The van der Waals surface area contributed by atoms with Gasteiger partial charge in [0, 0.05) is 25.0 Å². The van der Waals surface area contributed by atoms with Gasteiger partial charge < -0.3 is 35.5 Å². The molecule has 1 unspecified atom stereocenters. The Morgan fingerprint density at radius 1 is 1.11 bits per heavy atom. The van der Waals surface area contributed by atoms with Crippen molar-refractivity contribution >= 4 is 34.7 Å². The summed E-state index contributed by atoms with van der Waals surface area (Å²) in [5, 5.41) is 12.5. The highest BCUT2D eigenvalue weighted by Gasteiger charge is 2.18. The van der Waals surface area contributed by atoms with E-state index in [2.05, 4.69) is 37.8 Å². The van der Waals surface area contributed by atoms with Crippen LogP contribution in [-0.4, -0.2) is 49.8 Å². The van der Waals surface area contributed by atoms with Crippen LogP contribution in [0, 0.1) is 0 Å². The Labute approximate surface area is 203 Å². The summed E-state index contributed by atoms with van der Waals surface area (Å²) in [7, 11) is 3.19. The first-order valence-corrected chi connectivity index (χ1v) is 11.1. The van der Waals surface area contributed by atoms with Crippen molar-refractivity contribution in [3.05, 3.63) is 66.9 Å². The van der Waals surface area contributed by atoms with Gasteiger partial charge in [0.1, 0.15) is 17.3 Å². The van der Waals surface area contributed by atoms with Crippen LogP contribution in [-0.2, 0) is 9.53 Å². The summed E-state index contributed by atoms with van der Waals surface area (Å²) in [6.45, 7) is 5.77. The Morgan fingerprint density at radius 2 is 1.97 bits per heavy atom. The maximum absolute atomic E-state index is 11.7. The zero-order chi connectivity index (χ0) is 24.6. The lowest BCUT2D eigenvalue weighted by atomic mass is 10.1. The lowest BCUT2D eigenvalue weighted by Crippen LogP contribution is -2.33. The molecule has 1 aromatic heterocycles. The fourth-order valence-corrected chi connectivity index (χ4v) is 3.61. The van der Waals surface area contributed by atoms with Crippen LogP contribution in [0.15, 0.2) is 61.3 Å². The van der Waals surface area contributed by atoms with Gasteiger partial charge in [-0.05, 0) is 48.0 Å². The van der Waals surface area contributed by atoms with Crippen molar-refractivity contribution in [3.63, 3.8) is 0 Å². The lowest BCUT2D eigenvalue weighted by Gasteiger charge is -2.24. The molecule has 2 heterocycles. The Kier molecular flexibility index (Phi) is 7.76. The SMILES string of the molecule is C=CC(=O)Nc1ccc(OC)c(Nc2nccc(Nc3ccc(C4CNCCO4)cc3OC)n2)c1. The van der Waals surface area contributed by atoms with E-state index in [1.807, 2.05) is 18.2 Å². The normalized spacial score (nSPS) is 15.1. The van der Waals surface area contributed by atoms with Crippen molar-refractivity contribution in [3.8, 4) is 11.5 Å². The number of methoxy groups -OCH3 is 2. The predicted molar refractivity (Wildman–Crippen MR) is 135 cm³/mol. The van der Waals surface area contributed by atoms with Gasteiger partial charge >= 0.3 is 0 Å². The number of hydrogen-bond acceptors (Lipinski definition) is 9. The Bertz CT molecular complexity index is 1200. The van der Waals surface area contributed by atoms with Crippen LogP contribution in [0.5, 0.6) is 11.5 Å². The number of aromatic nitrogens is 2. The summed E-state index contributed by atoms with van der Waals surface area (Å²) in [6, 6.07) is 12.9. The van der Waals surface area contributed by atoms with Gasteiger partial charge in [0.05, 0.1) is 38.3 Å². The molecule has 10 nitrogen and oxygen atoms in total. The number of nitrogens with one attached hydrogen (secondary N) is 4. The van der Waals surface area contributed by atoms with Crippen LogP contribution < -0.4 is 30.7 Å². The number of amides is 1. The maximum Gasteiger partial charge on any atom is 0.247 e. The van der Waals surface area contributed by atoms with Crippen molar-refractivity contribution in [1.29, 1.82) is 0 Å². The number of nitrogens with zero attached hydrogens (tertiary/aromatic N) is 2. The fourth-order valence-electron chi connectivity index (χ4n) is 3.61. The van der Waals surface area contributed by atoms with E-state index in [-0.39, 0.29) is 12.0 Å². The summed E-state index contributed by atoms with van der Waals surface area (Å²) < 4.78 is 16.9. The van der Waals surface area contributed by atoms with Gasteiger partial charge in [0.2, 0.25) is 11.9 Å². The topological polar surface area (TPSA) is 119 Å². The first-order chi connectivity index (χ1) is 17.1. The molecular weight excluding hydrogens is 448 g/mol. The van der Waals surface area contributed by atoms with Gasteiger partial charge in [-0.1, -0.05) is 12.6 Å². The van der Waals surface area contributed by atoms with E-state index < -0.39 is 0 Å². The van der Waals surface area contributed by atoms with Crippen LogP contribution in [0.2, 0.25) is 0 Å². The molecule has 0 spiro atoms. The fraction of sp³-hybridized carbons (Fsp3) is 0.240. The number of carbonyl (C=O) groups is 1. The number of ether oxygens (including phenoxy) is 3. The number of rotatable bonds is 9. The van der Waals surface area contributed by atoms with E-state index in [9.17, 15) is 4.79 Å². The minimum atomic E-state index is -0.310. The smallest absolute Gasteiger partial charge is 0.247 e. The Balaban J connectivity index is 1.52. The standard InChI is InChI=1S/C25H28N6O4/c1-4-24(32)28-17-6-8-20(33-2)19(14-17)30-25-27-10-9-23(31-25)29-18-7-5-16(13-21(18)34-3)22-15-26-11-12-35-22/h4-10,13-14,22,26H,1,11-12,15H2,2-3H3,(H,28,32)(H2,27,29,30,31). The highest BCUT2D eigenvalue weighted by atomic mass is 16.5. The molecule has 0 saturated carbocycles. The van der Waals surface area contributed by atoms with Gasteiger partial charge in [-0.2, -0.15) is 4.98 Å². The van der Waals surface area contributed by atoms with Gasteiger partial charge in [0.25, 0.3) is 0 Å². The summed E-state index contributed by atoms with van der Waals surface area (Å²) in [6.07, 6.45) is 2.83. The highest BCUT2D eigenvalue weighted by Crippen LogP contribution is 2.33. The second-order valence-electron chi connectivity index (χ2n) is 7.65. The third-order valence-corrected chi connectivity index (χ3v) is 5.34. The average Bonchev–Trinajstić information content (AvgIpc) is 2.90. The van der Waals surface area contributed by atoms with Gasteiger partial charge in [0.15, 0.2) is 0 Å². The third kappa shape index (κ3) is 6.05. The van der Waals surface area contributed by atoms with Crippen LogP contribution in [0.1, 0.15) is 11.7 Å². The van der Waals surface area contributed by atoms with Crippen molar-refractivity contribution < 1.29 is 19.0 Å². The van der Waals surface area contributed by atoms with E-state index >= 15 is 0 Å². The molecule has 3 aromatic rings. The highest BCUT2D eigenvalue weighted by molar-refractivity contribution is 5.99. The van der Waals surface area contributed by atoms with E-state index in [0.717, 1.165) is 24.3 Å².